The lowest BCUT2D eigenvalue weighted by Crippen LogP contribution is -2.32. The highest BCUT2D eigenvalue weighted by molar-refractivity contribution is 5.88. The Morgan fingerprint density at radius 2 is 1.33 bits per heavy atom. The molecule has 0 aromatic heterocycles. The molecule has 6 nitrogen and oxygen atoms in total. The van der Waals surface area contributed by atoms with Gasteiger partial charge in [0.25, 0.3) is 0 Å². The number of carbonyl (C=O) groups excluding carboxylic acids is 3. The number of aliphatic hydroxyl groups is 1. The zero-order valence-corrected chi connectivity index (χ0v) is 15.1. The Labute approximate surface area is 145 Å². The van der Waals surface area contributed by atoms with E-state index >= 15 is 0 Å². The number of hydrogen-bond donors (Lipinski definition) is 2. The molecule has 0 aromatic carbocycles. The van der Waals surface area contributed by atoms with Crippen molar-refractivity contribution in [3.63, 3.8) is 0 Å². The summed E-state index contributed by atoms with van der Waals surface area (Å²) in [7, 11) is 0. The van der Waals surface area contributed by atoms with Gasteiger partial charge in [0.15, 0.2) is 0 Å². The van der Waals surface area contributed by atoms with E-state index < -0.39 is 24.1 Å². The smallest absolute Gasteiger partial charge is 0.313 e. The van der Waals surface area contributed by atoms with Gasteiger partial charge in [0.05, 0.1) is 6.42 Å². The highest BCUT2D eigenvalue weighted by Crippen LogP contribution is 2.11. The third kappa shape index (κ3) is 15.5. The highest BCUT2D eigenvalue weighted by Gasteiger charge is 2.13. The molecule has 0 aliphatic carbocycles. The predicted molar refractivity (Wildman–Crippen MR) is 92.0 cm³/mol. The minimum atomic E-state index is -0.957. The van der Waals surface area contributed by atoms with Crippen molar-refractivity contribution in [2.24, 2.45) is 0 Å². The molecular formula is C18H33NO5. The van der Waals surface area contributed by atoms with Crippen LogP contribution in [0.5, 0.6) is 0 Å². The van der Waals surface area contributed by atoms with Gasteiger partial charge in [0.1, 0.15) is 6.23 Å². The van der Waals surface area contributed by atoms with E-state index in [4.69, 9.17) is 5.11 Å². The van der Waals surface area contributed by atoms with Crippen molar-refractivity contribution in [1.82, 2.24) is 5.32 Å². The lowest BCUT2D eigenvalue weighted by atomic mass is 10.1. The number of unbranched alkanes of at least 4 members (excludes halogenated alkanes) is 8. The number of aliphatic hydroxyl groups excluding tert-OH is 1. The maximum absolute atomic E-state index is 11.5. The van der Waals surface area contributed by atoms with Gasteiger partial charge in [0, 0.05) is 12.8 Å². The maximum atomic E-state index is 11.5. The van der Waals surface area contributed by atoms with E-state index in [1.807, 2.05) is 0 Å². The number of hydrogen-bond acceptors (Lipinski definition) is 5. The van der Waals surface area contributed by atoms with Crippen LogP contribution in [0, 0.1) is 0 Å². The van der Waals surface area contributed by atoms with Gasteiger partial charge >= 0.3 is 11.9 Å². The van der Waals surface area contributed by atoms with Gasteiger partial charge in [-0.3, -0.25) is 14.4 Å². The summed E-state index contributed by atoms with van der Waals surface area (Å²) < 4.78 is 4.66. The van der Waals surface area contributed by atoms with E-state index in [2.05, 4.69) is 17.0 Å². The Hall–Kier alpha value is -1.43. The molecule has 0 heterocycles. The molecule has 2 N–H and O–H groups in total. The first kappa shape index (κ1) is 22.6. The van der Waals surface area contributed by atoms with Crippen LogP contribution in [0.1, 0.15) is 90.9 Å². The van der Waals surface area contributed by atoms with E-state index in [-0.39, 0.29) is 19.3 Å². The average Bonchev–Trinajstić information content (AvgIpc) is 2.50. The first-order valence-corrected chi connectivity index (χ1v) is 9.16. The number of rotatable bonds is 14. The molecule has 0 spiro atoms. The summed E-state index contributed by atoms with van der Waals surface area (Å²) >= 11 is 0. The quantitative estimate of drug-likeness (QED) is 0.219. The summed E-state index contributed by atoms with van der Waals surface area (Å²) in [6.45, 7) is 3.61. The largest absolute Gasteiger partial charge is 0.393 e. The number of amides is 1. The third-order valence-electron chi connectivity index (χ3n) is 3.64. The van der Waals surface area contributed by atoms with Crippen LogP contribution < -0.4 is 5.32 Å². The second-order valence-electron chi connectivity index (χ2n) is 6.17. The van der Waals surface area contributed by atoms with Crippen molar-refractivity contribution in [3.05, 3.63) is 0 Å². The van der Waals surface area contributed by atoms with Crippen molar-refractivity contribution in [2.75, 3.05) is 0 Å². The van der Waals surface area contributed by atoms with Crippen LogP contribution in [0.15, 0.2) is 0 Å². The number of nitrogens with one attached hydrogen (secondary N) is 1. The number of ether oxygens (including phenoxy) is 1. The Bertz CT molecular complexity index is 368. The molecule has 1 amide bonds. The van der Waals surface area contributed by atoms with Crippen LogP contribution in [0.4, 0.5) is 0 Å². The van der Waals surface area contributed by atoms with E-state index in [1.54, 1.807) is 0 Å². The Balaban J connectivity index is 3.51. The summed E-state index contributed by atoms with van der Waals surface area (Å²) in [6.07, 6.45) is 9.40. The second-order valence-corrected chi connectivity index (χ2v) is 6.17. The Morgan fingerprint density at radius 3 is 1.88 bits per heavy atom. The molecule has 0 aliphatic rings. The van der Waals surface area contributed by atoms with Crippen molar-refractivity contribution < 1.29 is 24.2 Å². The Kier molecular flexibility index (Phi) is 14.2. The van der Waals surface area contributed by atoms with Gasteiger partial charge in [-0.2, -0.15) is 0 Å². The molecule has 24 heavy (non-hydrogen) atoms. The van der Waals surface area contributed by atoms with E-state index in [1.165, 1.54) is 45.4 Å². The van der Waals surface area contributed by atoms with Crippen LogP contribution in [-0.4, -0.2) is 29.2 Å². The normalized spacial score (nSPS) is 11.8. The molecule has 0 bridgehead atoms. The zero-order valence-electron chi connectivity index (χ0n) is 15.1. The van der Waals surface area contributed by atoms with Gasteiger partial charge in [-0.25, -0.2) is 0 Å². The molecule has 0 aromatic rings. The van der Waals surface area contributed by atoms with Crippen LogP contribution in [0.3, 0.4) is 0 Å². The molecule has 0 radical (unpaired) electrons. The summed E-state index contributed by atoms with van der Waals surface area (Å²) in [4.78, 5) is 34.2. The van der Waals surface area contributed by atoms with Crippen LogP contribution in [-0.2, 0) is 19.1 Å². The van der Waals surface area contributed by atoms with Crippen LogP contribution in [0.2, 0.25) is 0 Å². The molecule has 1 unspecified atom stereocenters. The van der Waals surface area contributed by atoms with Gasteiger partial charge < -0.3 is 15.2 Å². The van der Waals surface area contributed by atoms with E-state index in [0.29, 0.717) is 0 Å². The zero-order chi connectivity index (χ0) is 18.2. The first-order chi connectivity index (χ1) is 11.5. The molecular weight excluding hydrogens is 310 g/mol. The SMILES string of the molecule is CCCCCCCCCCCC(=O)OC(=O)CCC(=O)NC(C)O. The maximum Gasteiger partial charge on any atom is 0.313 e. The first-order valence-electron chi connectivity index (χ1n) is 9.16. The topological polar surface area (TPSA) is 92.7 Å². The van der Waals surface area contributed by atoms with E-state index in [0.717, 1.165) is 19.3 Å². The van der Waals surface area contributed by atoms with Gasteiger partial charge in [-0.15, -0.1) is 0 Å². The average molecular weight is 343 g/mol. The van der Waals surface area contributed by atoms with Gasteiger partial charge in [-0.1, -0.05) is 58.3 Å². The fourth-order valence-electron chi connectivity index (χ4n) is 2.33. The standard InChI is InChI=1S/C18H33NO5/c1-3-4-5-6-7-8-9-10-11-12-17(22)24-18(23)14-13-16(21)19-15(2)20/h15,20H,3-14H2,1-2H3,(H,19,21). The number of esters is 2. The van der Waals surface area contributed by atoms with Crippen molar-refractivity contribution in [2.45, 2.75) is 97.1 Å². The van der Waals surface area contributed by atoms with E-state index in [9.17, 15) is 14.4 Å². The van der Waals surface area contributed by atoms with Crippen LogP contribution >= 0.6 is 0 Å². The molecule has 1 atom stereocenters. The summed E-state index contributed by atoms with van der Waals surface area (Å²) in [6, 6.07) is 0. The minimum absolute atomic E-state index is 0.102. The molecule has 0 saturated carbocycles. The van der Waals surface area contributed by atoms with Crippen LogP contribution in [0.25, 0.3) is 0 Å². The molecule has 0 aliphatic heterocycles. The Morgan fingerprint density at radius 1 is 0.833 bits per heavy atom. The molecule has 0 rings (SSSR count). The number of carbonyl (C=O) groups is 3. The predicted octanol–water partition coefficient (Wildman–Crippen LogP) is 3.21. The molecule has 0 fully saturated rings. The minimum Gasteiger partial charge on any atom is -0.393 e. The second kappa shape index (κ2) is 15.1. The molecule has 140 valence electrons. The van der Waals surface area contributed by atoms with Crippen molar-refractivity contribution in [1.29, 1.82) is 0 Å². The lowest BCUT2D eigenvalue weighted by molar-refractivity contribution is -0.160. The summed E-state index contributed by atoms with van der Waals surface area (Å²) in [5.41, 5.74) is 0. The highest BCUT2D eigenvalue weighted by atomic mass is 16.6. The van der Waals surface area contributed by atoms with Crippen molar-refractivity contribution >= 4 is 17.8 Å². The molecule has 6 heteroatoms. The summed E-state index contributed by atoms with van der Waals surface area (Å²) in [5, 5.41) is 11.2. The van der Waals surface area contributed by atoms with Gasteiger partial charge in [0.2, 0.25) is 5.91 Å². The molecule has 0 saturated heterocycles. The fraction of sp³-hybridized carbons (Fsp3) is 0.833. The fourth-order valence-corrected chi connectivity index (χ4v) is 2.33. The van der Waals surface area contributed by atoms with Gasteiger partial charge in [-0.05, 0) is 13.3 Å². The monoisotopic (exact) mass is 343 g/mol. The van der Waals surface area contributed by atoms with Crippen molar-refractivity contribution in [3.8, 4) is 0 Å². The summed E-state index contributed by atoms with van der Waals surface area (Å²) in [5.74, 6) is -1.68. The third-order valence-corrected chi connectivity index (χ3v) is 3.64. The lowest BCUT2D eigenvalue weighted by Gasteiger charge is -2.07.